The summed E-state index contributed by atoms with van der Waals surface area (Å²) < 4.78 is 0. The Morgan fingerprint density at radius 2 is 1.74 bits per heavy atom. The van der Waals surface area contributed by atoms with E-state index in [9.17, 15) is 5.11 Å². The molecule has 1 heterocycles. The normalized spacial score (nSPS) is 19.8. The van der Waals surface area contributed by atoms with Gasteiger partial charge >= 0.3 is 0 Å². The van der Waals surface area contributed by atoms with Gasteiger partial charge in [0.25, 0.3) is 0 Å². The van der Waals surface area contributed by atoms with Crippen molar-refractivity contribution in [2.24, 2.45) is 0 Å². The molecule has 0 unspecified atom stereocenters. The van der Waals surface area contributed by atoms with E-state index in [1.165, 1.54) is 11.1 Å². The molecule has 1 aliphatic heterocycles. The predicted molar refractivity (Wildman–Crippen MR) is 80.5 cm³/mol. The Morgan fingerprint density at radius 1 is 1.16 bits per heavy atom. The summed E-state index contributed by atoms with van der Waals surface area (Å²) in [5.41, 5.74) is 2.14. The molecular formula is C17H27NO. The average molecular weight is 261 g/mol. The molecule has 2 heteroatoms. The number of nitrogens with zero attached hydrogens (tertiary/aromatic N) is 1. The van der Waals surface area contributed by atoms with Gasteiger partial charge in [0, 0.05) is 19.5 Å². The highest BCUT2D eigenvalue weighted by atomic mass is 16.3. The summed E-state index contributed by atoms with van der Waals surface area (Å²) >= 11 is 0. The average Bonchev–Trinajstić information content (AvgIpc) is 2.40. The zero-order valence-corrected chi connectivity index (χ0v) is 12.5. The second-order valence-electron chi connectivity index (χ2n) is 6.23. The fraction of sp³-hybridized carbons (Fsp3) is 0.647. The maximum Gasteiger partial charge on any atom is 0.0712 e. The minimum absolute atomic E-state index is 0.495. The van der Waals surface area contributed by atoms with E-state index >= 15 is 0 Å². The molecule has 0 aliphatic carbocycles. The van der Waals surface area contributed by atoms with Gasteiger partial charge in [-0.05, 0) is 36.4 Å². The minimum atomic E-state index is -0.495. The van der Waals surface area contributed by atoms with Gasteiger partial charge in [-0.25, -0.2) is 0 Å². The van der Waals surface area contributed by atoms with Crippen LogP contribution in [-0.4, -0.2) is 35.2 Å². The van der Waals surface area contributed by atoms with Gasteiger partial charge in [0.1, 0.15) is 0 Å². The SMILES string of the molecule is CCN1CCC(O)(Cc2ccc(C(C)C)cc2)CC1. The highest BCUT2D eigenvalue weighted by Crippen LogP contribution is 2.27. The molecule has 1 saturated heterocycles. The molecule has 0 amide bonds. The summed E-state index contributed by atoms with van der Waals surface area (Å²) in [6, 6.07) is 8.76. The number of hydrogen-bond acceptors (Lipinski definition) is 2. The number of aliphatic hydroxyl groups is 1. The largest absolute Gasteiger partial charge is 0.389 e. The highest BCUT2D eigenvalue weighted by Gasteiger charge is 2.31. The van der Waals surface area contributed by atoms with Crippen molar-refractivity contribution in [2.75, 3.05) is 19.6 Å². The van der Waals surface area contributed by atoms with Crippen LogP contribution in [0.5, 0.6) is 0 Å². The lowest BCUT2D eigenvalue weighted by Gasteiger charge is -2.38. The Morgan fingerprint density at radius 3 is 2.21 bits per heavy atom. The monoisotopic (exact) mass is 261 g/mol. The lowest BCUT2D eigenvalue weighted by Crippen LogP contribution is -2.45. The van der Waals surface area contributed by atoms with Crippen LogP contribution in [0.4, 0.5) is 0 Å². The van der Waals surface area contributed by atoms with Gasteiger partial charge in [0.2, 0.25) is 0 Å². The molecule has 1 N–H and O–H groups in total. The van der Waals surface area contributed by atoms with Crippen LogP contribution < -0.4 is 0 Å². The minimum Gasteiger partial charge on any atom is -0.389 e. The number of rotatable bonds is 4. The summed E-state index contributed by atoms with van der Waals surface area (Å²) in [4.78, 5) is 2.41. The summed E-state index contributed by atoms with van der Waals surface area (Å²) in [7, 11) is 0. The first-order valence-electron chi connectivity index (χ1n) is 7.56. The van der Waals surface area contributed by atoms with E-state index in [1.54, 1.807) is 0 Å². The van der Waals surface area contributed by atoms with Crippen molar-refractivity contribution in [2.45, 2.75) is 51.6 Å². The molecule has 1 aromatic rings. The molecule has 1 aromatic carbocycles. The molecule has 2 rings (SSSR count). The van der Waals surface area contributed by atoms with Crippen molar-refractivity contribution in [3.63, 3.8) is 0 Å². The lowest BCUT2D eigenvalue weighted by molar-refractivity contribution is -0.0194. The van der Waals surface area contributed by atoms with Gasteiger partial charge in [-0.3, -0.25) is 0 Å². The third kappa shape index (κ3) is 3.80. The standard InChI is InChI=1S/C17H27NO/c1-4-18-11-9-17(19,10-12-18)13-15-5-7-16(8-6-15)14(2)3/h5-8,14,19H,4,9-13H2,1-3H3. The third-order valence-corrected chi connectivity index (χ3v) is 4.41. The summed E-state index contributed by atoms with van der Waals surface area (Å²) in [5.74, 6) is 0.574. The fourth-order valence-electron chi connectivity index (χ4n) is 2.86. The fourth-order valence-corrected chi connectivity index (χ4v) is 2.86. The third-order valence-electron chi connectivity index (χ3n) is 4.41. The van der Waals surface area contributed by atoms with Gasteiger partial charge in [0.05, 0.1) is 5.60 Å². The van der Waals surface area contributed by atoms with E-state index in [0.717, 1.165) is 38.9 Å². The van der Waals surface area contributed by atoms with Crippen LogP contribution in [0.15, 0.2) is 24.3 Å². The van der Waals surface area contributed by atoms with E-state index in [2.05, 4.69) is 49.9 Å². The van der Waals surface area contributed by atoms with Crippen LogP contribution in [0.2, 0.25) is 0 Å². The summed E-state index contributed by atoms with van der Waals surface area (Å²) in [6.45, 7) is 9.76. The quantitative estimate of drug-likeness (QED) is 0.899. The highest BCUT2D eigenvalue weighted by molar-refractivity contribution is 5.25. The van der Waals surface area contributed by atoms with Gasteiger partial charge < -0.3 is 10.0 Å². The molecule has 1 fully saturated rings. The van der Waals surface area contributed by atoms with Crippen LogP contribution >= 0.6 is 0 Å². The molecule has 0 spiro atoms. The van der Waals surface area contributed by atoms with Crippen molar-refractivity contribution in [3.05, 3.63) is 35.4 Å². The van der Waals surface area contributed by atoms with Crippen LogP contribution in [-0.2, 0) is 6.42 Å². The molecule has 0 saturated carbocycles. The van der Waals surface area contributed by atoms with Crippen LogP contribution in [0.1, 0.15) is 50.7 Å². The van der Waals surface area contributed by atoms with Crippen molar-refractivity contribution in [1.29, 1.82) is 0 Å². The maximum absolute atomic E-state index is 10.7. The van der Waals surface area contributed by atoms with Gasteiger partial charge in [-0.15, -0.1) is 0 Å². The Bertz CT molecular complexity index is 388. The molecule has 2 nitrogen and oxygen atoms in total. The summed E-state index contributed by atoms with van der Waals surface area (Å²) in [5, 5.41) is 10.7. The molecule has 0 aromatic heterocycles. The van der Waals surface area contributed by atoms with Crippen molar-refractivity contribution in [1.82, 2.24) is 4.90 Å². The first-order chi connectivity index (χ1) is 9.02. The van der Waals surface area contributed by atoms with Crippen LogP contribution in [0.3, 0.4) is 0 Å². The number of hydrogen-bond donors (Lipinski definition) is 1. The molecule has 106 valence electrons. The first-order valence-corrected chi connectivity index (χ1v) is 7.56. The Balaban J connectivity index is 1.97. The molecule has 0 radical (unpaired) electrons. The van der Waals surface area contributed by atoms with Crippen LogP contribution in [0.25, 0.3) is 0 Å². The molecular weight excluding hydrogens is 234 g/mol. The second-order valence-corrected chi connectivity index (χ2v) is 6.23. The number of likely N-dealkylation sites (tertiary alicyclic amines) is 1. The topological polar surface area (TPSA) is 23.5 Å². The predicted octanol–water partition coefficient (Wildman–Crippen LogP) is 3.20. The van der Waals surface area contributed by atoms with Gasteiger partial charge in [-0.2, -0.15) is 0 Å². The number of benzene rings is 1. The van der Waals surface area contributed by atoms with Gasteiger partial charge in [0.15, 0.2) is 0 Å². The maximum atomic E-state index is 10.7. The van der Waals surface area contributed by atoms with E-state index in [1.807, 2.05) is 0 Å². The Kier molecular flexibility index (Phi) is 4.64. The van der Waals surface area contributed by atoms with Crippen molar-refractivity contribution >= 4 is 0 Å². The zero-order chi connectivity index (χ0) is 13.9. The van der Waals surface area contributed by atoms with Crippen molar-refractivity contribution < 1.29 is 5.11 Å². The second kappa shape index (κ2) is 6.06. The van der Waals surface area contributed by atoms with Gasteiger partial charge in [-0.1, -0.05) is 45.0 Å². The molecule has 0 atom stereocenters. The summed E-state index contributed by atoms with van der Waals surface area (Å²) in [6.07, 6.45) is 2.59. The molecule has 1 aliphatic rings. The van der Waals surface area contributed by atoms with Crippen LogP contribution in [0, 0.1) is 0 Å². The Hall–Kier alpha value is -0.860. The van der Waals surface area contributed by atoms with E-state index in [0.29, 0.717) is 5.92 Å². The van der Waals surface area contributed by atoms with E-state index < -0.39 is 5.60 Å². The smallest absolute Gasteiger partial charge is 0.0712 e. The van der Waals surface area contributed by atoms with Crippen molar-refractivity contribution in [3.8, 4) is 0 Å². The molecule has 19 heavy (non-hydrogen) atoms. The number of piperidine rings is 1. The molecule has 0 bridgehead atoms. The van der Waals surface area contributed by atoms with E-state index in [-0.39, 0.29) is 0 Å². The first kappa shape index (κ1) is 14.5. The Labute approximate surface area is 117 Å². The lowest BCUT2D eigenvalue weighted by atomic mass is 9.85. The van der Waals surface area contributed by atoms with E-state index in [4.69, 9.17) is 0 Å². The zero-order valence-electron chi connectivity index (χ0n) is 12.5.